The molecule has 88 valence electrons. The molecular weight excluding hydrogens is 234 g/mol. The van der Waals surface area contributed by atoms with E-state index in [0.717, 1.165) is 27.6 Å². The van der Waals surface area contributed by atoms with Crippen LogP contribution in [0, 0.1) is 6.92 Å². The van der Waals surface area contributed by atoms with Gasteiger partial charge in [-0.1, -0.05) is 17.7 Å². The molecule has 0 radical (unpaired) electrons. The van der Waals surface area contributed by atoms with E-state index in [4.69, 9.17) is 11.6 Å². The zero-order valence-corrected chi connectivity index (χ0v) is 10.5. The van der Waals surface area contributed by atoms with Gasteiger partial charge in [0.1, 0.15) is 0 Å². The summed E-state index contributed by atoms with van der Waals surface area (Å²) < 4.78 is 0. The van der Waals surface area contributed by atoms with Crippen molar-refractivity contribution in [3.63, 3.8) is 0 Å². The smallest absolute Gasteiger partial charge is 0.0591 e. The Morgan fingerprint density at radius 2 is 1.94 bits per heavy atom. The fraction of sp³-hybridized carbons (Fsp3) is 0.154. The van der Waals surface area contributed by atoms with E-state index in [1.807, 2.05) is 38.2 Å². The Labute approximate surface area is 106 Å². The molecular formula is C13H14ClN3. The van der Waals surface area contributed by atoms with Gasteiger partial charge >= 0.3 is 0 Å². The lowest BCUT2D eigenvalue weighted by Crippen LogP contribution is -1.96. The van der Waals surface area contributed by atoms with Gasteiger partial charge in [0.15, 0.2) is 0 Å². The molecule has 1 heterocycles. The minimum absolute atomic E-state index is 0.757. The molecule has 0 saturated carbocycles. The maximum atomic E-state index is 6.07. The second-order valence-corrected chi connectivity index (χ2v) is 4.16. The highest BCUT2D eigenvalue weighted by Gasteiger charge is 2.02. The molecule has 0 bridgehead atoms. The molecule has 0 atom stereocenters. The number of nitrogens with zero attached hydrogens (tertiary/aromatic N) is 1. The van der Waals surface area contributed by atoms with Gasteiger partial charge in [-0.25, -0.2) is 0 Å². The van der Waals surface area contributed by atoms with Gasteiger partial charge in [-0.2, -0.15) is 0 Å². The van der Waals surface area contributed by atoms with Crippen LogP contribution in [0.4, 0.5) is 17.1 Å². The van der Waals surface area contributed by atoms with Crippen LogP contribution < -0.4 is 10.6 Å². The van der Waals surface area contributed by atoms with E-state index in [-0.39, 0.29) is 0 Å². The standard InChI is InChI=1S/C13H14ClN3/c1-9-12(14)4-3-5-13(9)17-11-6-10(15-2)7-16-8-11/h3-8,15,17H,1-2H3. The van der Waals surface area contributed by atoms with Crippen LogP contribution in [-0.4, -0.2) is 12.0 Å². The fourth-order valence-corrected chi connectivity index (χ4v) is 1.72. The van der Waals surface area contributed by atoms with Crippen molar-refractivity contribution in [2.75, 3.05) is 17.7 Å². The Morgan fingerprint density at radius 1 is 1.18 bits per heavy atom. The number of aromatic nitrogens is 1. The minimum Gasteiger partial charge on any atom is -0.387 e. The number of pyridine rings is 1. The van der Waals surface area contributed by atoms with Gasteiger partial charge in [0.25, 0.3) is 0 Å². The van der Waals surface area contributed by atoms with E-state index in [0.29, 0.717) is 0 Å². The van der Waals surface area contributed by atoms with E-state index >= 15 is 0 Å². The molecule has 2 aromatic rings. The van der Waals surface area contributed by atoms with Crippen LogP contribution in [0.2, 0.25) is 5.02 Å². The van der Waals surface area contributed by atoms with Gasteiger partial charge in [-0.05, 0) is 30.7 Å². The van der Waals surface area contributed by atoms with E-state index in [1.54, 1.807) is 12.4 Å². The third-order valence-electron chi connectivity index (χ3n) is 2.57. The van der Waals surface area contributed by atoms with Crippen LogP contribution in [0.25, 0.3) is 0 Å². The number of hydrogen-bond acceptors (Lipinski definition) is 3. The van der Waals surface area contributed by atoms with E-state index in [2.05, 4.69) is 15.6 Å². The molecule has 0 aliphatic heterocycles. The highest BCUT2D eigenvalue weighted by atomic mass is 35.5. The average Bonchev–Trinajstić information content (AvgIpc) is 2.35. The maximum absolute atomic E-state index is 6.07. The summed E-state index contributed by atoms with van der Waals surface area (Å²) in [6, 6.07) is 7.79. The first-order valence-electron chi connectivity index (χ1n) is 5.35. The number of rotatable bonds is 3. The summed E-state index contributed by atoms with van der Waals surface area (Å²) >= 11 is 6.07. The predicted molar refractivity (Wildman–Crippen MR) is 73.3 cm³/mol. The highest BCUT2D eigenvalue weighted by molar-refractivity contribution is 6.31. The molecule has 0 spiro atoms. The molecule has 0 fully saturated rings. The van der Waals surface area contributed by atoms with Crippen LogP contribution in [0.3, 0.4) is 0 Å². The second-order valence-electron chi connectivity index (χ2n) is 3.75. The predicted octanol–water partition coefficient (Wildman–Crippen LogP) is 3.83. The number of benzene rings is 1. The summed E-state index contributed by atoms with van der Waals surface area (Å²) in [5.41, 5.74) is 3.92. The molecule has 0 unspecified atom stereocenters. The number of anilines is 3. The van der Waals surface area contributed by atoms with Crippen molar-refractivity contribution in [2.24, 2.45) is 0 Å². The van der Waals surface area contributed by atoms with Gasteiger partial charge in [0, 0.05) is 17.8 Å². The summed E-state index contributed by atoms with van der Waals surface area (Å²) in [7, 11) is 1.87. The van der Waals surface area contributed by atoms with Crippen LogP contribution in [0.5, 0.6) is 0 Å². The van der Waals surface area contributed by atoms with Crippen LogP contribution in [-0.2, 0) is 0 Å². The van der Waals surface area contributed by atoms with Crippen LogP contribution in [0.15, 0.2) is 36.7 Å². The first-order chi connectivity index (χ1) is 8.20. The third-order valence-corrected chi connectivity index (χ3v) is 2.98. The Bertz CT molecular complexity index is 526. The topological polar surface area (TPSA) is 37.0 Å². The van der Waals surface area contributed by atoms with Crippen molar-refractivity contribution in [1.29, 1.82) is 0 Å². The molecule has 0 aliphatic carbocycles. The Balaban J connectivity index is 2.28. The summed E-state index contributed by atoms with van der Waals surface area (Å²) in [5.74, 6) is 0. The first-order valence-corrected chi connectivity index (χ1v) is 5.73. The summed E-state index contributed by atoms with van der Waals surface area (Å²) in [6.45, 7) is 1.99. The zero-order chi connectivity index (χ0) is 12.3. The maximum Gasteiger partial charge on any atom is 0.0591 e. The summed E-state index contributed by atoms with van der Waals surface area (Å²) in [5, 5.41) is 7.11. The Kier molecular flexibility index (Phi) is 3.49. The fourth-order valence-electron chi connectivity index (χ4n) is 1.54. The Hall–Kier alpha value is -1.74. The molecule has 2 rings (SSSR count). The molecule has 3 nitrogen and oxygen atoms in total. The number of hydrogen-bond donors (Lipinski definition) is 2. The largest absolute Gasteiger partial charge is 0.387 e. The molecule has 1 aromatic heterocycles. The molecule has 1 aromatic carbocycles. The zero-order valence-electron chi connectivity index (χ0n) is 9.79. The Morgan fingerprint density at radius 3 is 2.71 bits per heavy atom. The van der Waals surface area contributed by atoms with E-state index < -0.39 is 0 Å². The summed E-state index contributed by atoms with van der Waals surface area (Å²) in [6.07, 6.45) is 3.55. The third kappa shape index (κ3) is 2.68. The van der Waals surface area contributed by atoms with Gasteiger partial charge in [0.05, 0.1) is 23.8 Å². The van der Waals surface area contributed by atoms with Gasteiger partial charge in [0.2, 0.25) is 0 Å². The molecule has 0 saturated heterocycles. The van der Waals surface area contributed by atoms with Crippen molar-refractivity contribution < 1.29 is 0 Å². The van der Waals surface area contributed by atoms with Crippen LogP contribution in [0.1, 0.15) is 5.56 Å². The summed E-state index contributed by atoms with van der Waals surface area (Å²) in [4.78, 5) is 4.15. The number of nitrogens with one attached hydrogen (secondary N) is 2. The molecule has 4 heteroatoms. The lowest BCUT2D eigenvalue weighted by molar-refractivity contribution is 1.30. The minimum atomic E-state index is 0.757. The SMILES string of the molecule is CNc1cncc(Nc2cccc(Cl)c2C)c1. The van der Waals surface area contributed by atoms with Crippen molar-refractivity contribution in [3.05, 3.63) is 47.2 Å². The molecule has 2 N–H and O–H groups in total. The monoisotopic (exact) mass is 247 g/mol. The van der Waals surface area contributed by atoms with Crippen molar-refractivity contribution in [1.82, 2.24) is 4.98 Å². The lowest BCUT2D eigenvalue weighted by atomic mass is 10.2. The first kappa shape index (κ1) is 11.7. The number of halogens is 1. The van der Waals surface area contributed by atoms with Gasteiger partial charge < -0.3 is 10.6 Å². The van der Waals surface area contributed by atoms with Crippen molar-refractivity contribution in [3.8, 4) is 0 Å². The lowest BCUT2D eigenvalue weighted by Gasteiger charge is -2.11. The quantitative estimate of drug-likeness (QED) is 0.866. The molecule has 17 heavy (non-hydrogen) atoms. The van der Waals surface area contributed by atoms with Crippen molar-refractivity contribution in [2.45, 2.75) is 6.92 Å². The average molecular weight is 248 g/mol. The van der Waals surface area contributed by atoms with Crippen molar-refractivity contribution >= 4 is 28.7 Å². The second kappa shape index (κ2) is 5.06. The van der Waals surface area contributed by atoms with E-state index in [9.17, 15) is 0 Å². The van der Waals surface area contributed by atoms with Gasteiger partial charge in [-0.15, -0.1) is 0 Å². The molecule has 0 amide bonds. The van der Waals surface area contributed by atoms with Gasteiger partial charge in [-0.3, -0.25) is 4.98 Å². The van der Waals surface area contributed by atoms with E-state index in [1.165, 1.54) is 0 Å². The normalized spacial score (nSPS) is 10.1. The highest BCUT2D eigenvalue weighted by Crippen LogP contribution is 2.26. The molecule has 0 aliphatic rings. The van der Waals surface area contributed by atoms with Crippen LogP contribution >= 0.6 is 11.6 Å².